The van der Waals surface area contributed by atoms with Crippen LogP contribution in [0.3, 0.4) is 0 Å². The zero-order chi connectivity index (χ0) is 27.0. The van der Waals surface area contributed by atoms with Gasteiger partial charge in [0.05, 0.1) is 17.2 Å². The van der Waals surface area contributed by atoms with Crippen LogP contribution in [0.25, 0.3) is 0 Å². The minimum Gasteiger partial charge on any atom is -0.481 e. The van der Waals surface area contributed by atoms with Crippen molar-refractivity contribution >= 4 is 17.3 Å². The third-order valence-corrected chi connectivity index (χ3v) is 8.29. The lowest BCUT2D eigenvalue weighted by Crippen LogP contribution is -2.35. The van der Waals surface area contributed by atoms with E-state index in [1.54, 1.807) is 29.3 Å². The lowest BCUT2D eigenvalue weighted by atomic mass is 9.77. The van der Waals surface area contributed by atoms with E-state index < -0.39 is 28.9 Å². The molecule has 38 heavy (non-hydrogen) atoms. The van der Waals surface area contributed by atoms with Gasteiger partial charge in [0.2, 0.25) is 5.88 Å². The SMILES string of the molecule is CC1(C)CCN(c2ccccc2C(F)(F)F)c2cc(COc3cc4c(cn3)C3C(C4)C3C(=O)O)c(F)cc21. The number of hydrogen-bond donors (Lipinski definition) is 1. The molecule has 1 N–H and O–H groups in total. The van der Waals surface area contributed by atoms with E-state index in [1.165, 1.54) is 18.2 Å². The van der Waals surface area contributed by atoms with Crippen molar-refractivity contribution in [3.05, 3.63) is 82.3 Å². The number of aliphatic carboxylic acids is 1. The number of carboxylic acid groups (broad SMARTS) is 1. The Morgan fingerprint density at radius 2 is 1.95 bits per heavy atom. The van der Waals surface area contributed by atoms with E-state index in [0.717, 1.165) is 17.2 Å². The summed E-state index contributed by atoms with van der Waals surface area (Å²) in [5.74, 6) is -1.25. The van der Waals surface area contributed by atoms with Gasteiger partial charge in [-0.05, 0) is 65.1 Å². The van der Waals surface area contributed by atoms with Crippen LogP contribution in [0.1, 0.15) is 54.0 Å². The predicted molar refractivity (Wildman–Crippen MR) is 132 cm³/mol. The van der Waals surface area contributed by atoms with Crippen molar-refractivity contribution in [2.75, 3.05) is 11.4 Å². The van der Waals surface area contributed by atoms with Crippen LogP contribution in [-0.4, -0.2) is 22.6 Å². The van der Waals surface area contributed by atoms with Crippen LogP contribution in [-0.2, 0) is 29.4 Å². The van der Waals surface area contributed by atoms with Crippen molar-refractivity contribution < 1.29 is 32.2 Å². The summed E-state index contributed by atoms with van der Waals surface area (Å²) in [4.78, 5) is 17.2. The van der Waals surface area contributed by atoms with Crippen molar-refractivity contribution in [3.63, 3.8) is 0 Å². The standard InChI is InChI=1S/C29H26F4N2O3/c1-28(2)7-8-35(22-6-4-3-5-19(22)29(31,32)33)23-10-16(21(30)12-20(23)28)14-38-24-11-15-9-17-25(18(15)13-34-24)26(17)27(36)37/h3-6,10-13,17,25-26H,7-9,14H2,1-2H3,(H,36,37). The third kappa shape index (κ3) is 3.99. The number of alkyl halides is 3. The van der Waals surface area contributed by atoms with Gasteiger partial charge in [-0.3, -0.25) is 4.79 Å². The van der Waals surface area contributed by atoms with Crippen LogP contribution in [0, 0.1) is 17.7 Å². The Morgan fingerprint density at radius 1 is 1.18 bits per heavy atom. The Kier molecular flexibility index (Phi) is 5.49. The fourth-order valence-electron chi connectivity index (χ4n) is 6.16. The van der Waals surface area contributed by atoms with Gasteiger partial charge in [0.1, 0.15) is 12.4 Å². The molecule has 6 rings (SSSR count). The van der Waals surface area contributed by atoms with Crippen LogP contribution in [0.4, 0.5) is 28.9 Å². The van der Waals surface area contributed by atoms with Gasteiger partial charge in [0.15, 0.2) is 0 Å². The Hall–Kier alpha value is -3.62. The second kappa shape index (κ2) is 8.44. The molecular weight excluding hydrogens is 500 g/mol. The average molecular weight is 527 g/mol. The highest BCUT2D eigenvalue weighted by atomic mass is 19.4. The Bertz CT molecular complexity index is 1450. The first-order valence-corrected chi connectivity index (χ1v) is 12.6. The highest BCUT2D eigenvalue weighted by Gasteiger charge is 2.60. The minimum absolute atomic E-state index is 0.00365. The van der Waals surface area contributed by atoms with E-state index in [4.69, 9.17) is 4.74 Å². The molecule has 3 unspecified atom stereocenters. The van der Waals surface area contributed by atoms with Crippen molar-refractivity contribution in [1.29, 1.82) is 0 Å². The number of anilines is 2. The van der Waals surface area contributed by atoms with Crippen LogP contribution in [0.2, 0.25) is 0 Å². The normalized spacial score (nSPS) is 22.9. The first-order valence-electron chi connectivity index (χ1n) is 12.6. The number of pyridine rings is 1. The van der Waals surface area contributed by atoms with Crippen molar-refractivity contribution in [2.24, 2.45) is 11.8 Å². The van der Waals surface area contributed by atoms with Crippen LogP contribution < -0.4 is 9.64 Å². The van der Waals surface area contributed by atoms with Crippen molar-refractivity contribution in [3.8, 4) is 5.88 Å². The van der Waals surface area contributed by atoms with Crippen molar-refractivity contribution in [1.82, 2.24) is 4.98 Å². The third-order valence-electron chi connectivity index (χ3n) is 8.29. The largest absolute Gasteiger partial charge is 0.481 e. The van der Waals surface area contributed by atoms with E-state index in [9.17, 15) is 23.1 Å². The van der Waals surface area contributed by atoms with Gasteiger partial charge >= 0.3 is 12.1 Å². The molecule has 1 fully saturated rings. The summed E-state index contributed by atoms with van der Waals surface area (Å²) in [6.07, 6.45) is -1.68. The molecule has 0 radical (unpaired) electrons. The Balaban J connectivity index is 1.30. The number of carboxylic acids is 1. The molecule has 0 bridgehead atoms. The Labute approximate surface area is 217 Å². The number of ether oxygens (including phenoxy) is 1. The molecule has 1 aliphatic heterocycles. The molecule has 3 aliphatic rings. The topological polar surface area (TPSA) is 62.7 Å². The Morgan fingerprint density at radius 3 is 2.68 bits per heavy atom. The quantitative estimate of drug-likeness (QED) is 0.379. The molecule has 1 saturated carbocycles. The maximum absolute atomic E-state index is 15.3. The highest BCUT2D eigenvalue weighted by Crippen LogP contribution is 2.61. The maximum Gasteiger partial charge on any atom is 0.418 e. The van der Waals surface area contributed by atoms with Crippen LogP contribution in [0.5, 0.6) is 5.88 Å². The molecular formula is C29H26F4N2O3. The van der Waals surface area contributed by atoms with E-state index in [0.29, 0.717) is 36.5 Å². The minimum atomic E-state index is -4.53. The summed E-state index contributed by atoms with van der Waals surface area (Å²) < 4.78 is 62.5. The molecule has 9 heteroatoms. The van der Waals surface area contributed by atoms with Gasteiger partial charge in [-0.25, -0.2) is 9.37 Å². The number of nitrogens with zero attached hydrogens (tertiary/aromatic N) is 2. The zero-order valence-corrected chi connectivity index (χ0v) is 20.8. The van der Waals surface area contributed by atoms with E-state index >= 15 is 4.39 Å². The first-order chi connectivity index (χ1) is 18.0. The first kappa shape index (κ1) is 24.7. The van der Waals surface area contributed by atoms with Gasteiger partial charge in [0, 0.05) is 36.0 Å². The van der Waals surface area contributed by atoms with Crippen LogP contribution in [0.15, 0.2) is 48.7 Å². The lowest BCUT2D eigenvalue weighted by molar-refractivity contribution is -0.139. The van der Waals surface area contributed by atoms with Gasteiger partial charge < -0.3 is 14.7 Å². The fraction of sp³-hybridized carbons (Fsp3) is 0.379. The summed E-state index contributed by atoms with van der Waals surface area (Å²) in [5, 5.41) is 9.30. The number of halogens is 4. The molecule has 2 aliphatic carbocycles. The second-order valence-corrected chi connectivity index (χ2v) is 11.0. The van der Waals surface area contributed by atoms with Gasteiger partial charge in [-0.2, -0.15) is 13.2 Å². The maximum atomic E-state index is 15.3. The molecule has 3 aromatic rings. The number of rotatable bonds is 5. The average Bonchev–Trinajstić information content (AvgIpc) is 3.45. The number of benzene rings is 2. The van der Waals surface area contributed by atoms with Gasteiger partial charge in [-0.1, -0.05) is 26.0 Å². The van der Waals surface area contributed by atoms with Gasteiger partial charge in [0.25, 0.3) is 0 Å². The van der Waals surface area contributed by atoms with Crippen molar-refractivity contribution in [2.45, 2.75) is 50.8 Å². The highest BCUT2D eigenvalue weighted by molar-refractivity contribution is 5.78. The number of aromatic nitrogens is 1. The van der Waals surface area contributed by atoms with Crippen LogP contribution >= 0.6 is 0 Å². The summed E-state index contributed by atoms with van der Waals surface area (Å²) in [7, 11) is 0. The molecule has 198 valence electrons. The number of hydrogen-bond acceptors (Lipinski definition) is 4. The number of para-hydroxylation sites is 1. The number of fused-ring (bicyclic) bond motifs is 4. The zero-order valence-electron chi connectivity index (χ0n) is 20.8. The second-order valence-electron chi connectivity index (χ2n) is 11.0. The predicted octanol–water partition coefficient (Wildman–Crippen LogP) is 6.61. The lowest BCUT2D eigenvalue weighted by Gasteiger charge is -2.41. The smallest absolute Gasteiger partial charge is 0.418 e. The number of carbonyl (C=O) groups is 1. The molecule has 0 amide bonds. The summed E-state index contributed by atoms with van der Waals surface area (Å²) in [6.45, 7) is 4.13. The monoisotopic (exact) mass is 526 g/mol. The fourth-order valence-corrected chi connectivity index (χ4v) is 6.16. The molecule has 2 aromatic carbocycles. The molecule has 5 nitrogen and oxygen atoms in total. The molecule has 0 saturated heterocycles. The van der Waals surface area contributed by atoms with Gasteiger partial charge in [-0.15, -0.1) is 0 Å². The summed E-state index contributed by atoms with van der Waals surface area (Å²) in [5.41, 5.74) is 2.18. The molecule has 3 atom stereocenters. The summed E-state index contributed by atoms with van der Waals surface area (Å²) >= 11 is 0. The van der Waals surface area contributed by atoms with E-state index in [-0.39, 0.29) is 35.6 Å². The summed E-state index contributed by atoms with van der Waals surface area (Å²) in [6, 6.07) is 10.2. The molecule has 0 spiro atoms. The molecule has 1 aromatic heterocycles. The van der Waals surface area contributed by atoms with E-state index in [2.05, 4.69) is 4.98 Å². The molecule has 2 heterocycles. The van der Waals surface area contributed by atoms with E-state index in [1.807, 2.05) is 13.8 Å².